The quantitative estimate of drug-likeness (QED) is 0.631. The van der Waals surface area contributed by atoms with Crippen molar-refractivity contribution in [1.82, 2.24) is 9.13 Å². The standard InChI is InChI=1S/C19H25N3O4/c1-5-15-9-6-7-10-16(15)26-14(3)20-17-13(2)18(24)22(11-8-12-23)19(25)21(17)4/h6-7,9-10,23H,5,8,11-12H2,1-4H3/b20-14+. The molecule has 1 aromatic carbocycles. The summed E-state index contributed by atoms with van der Waals surface area (Å²) in [6, 6.07) is 7.66. The molecule has 140 valence electrons. The van der Waals surface area contributed by atoms with Crippen molar-refractivity contribution in [3.63, 3.8) is 0 Å². The van der Waals surface area contributed by atoms with Crippen molar-refractivity contribution in [2.24, 2.45) is 12.0 Å². The highest BCUT2D eigenvalue weighted by molar-refractivity contribution is 5.79. The Balaban J connectivity index is 2.44. The van der Waals surface area contributed by atoms with E-state index < -0.39 is 11.2 Å². The molecule has 0 aliphatic carbocycles. The normalized spacial score (nSPS) is 11.7. The van der Waals surface area contributed by atoms with Crippen molar-refractivity contribution in [3.05, 3.63) is 56.2 Å². The summed E-state index contributed by atoms with van der Waals surface area (Å²) < 4.78 is 8.26. The number of aromatic nitrogens is 2. The van der Waals surface area contributed by atoms with Gasteiger partial charge in [-0.2, -0.15) is 4.99 Å². The van der Waals surface area contributed by atoms with E-state index in [2.05, 4.69) is 4.99 Å². The van der Waals surface area contributed by atoms with Crippen LogP contribution in [0.5, 0.6) is 5.75 Å². The third-order valence-electron chi connectivity index (χ3n) is 4.15. The van der Waals surface area contributed by atoms with E-state index in [1.807, 2.05) is 31.2 Å². The fourth-order valence-corrected chi connectivity index (χ4v) is 2.72. The predicted octanol–water partition coefficient (Wildman–Crippen LogP) is 1.93. The number of aliphatic hydroxyl groups excluding tert-OH is 1. The number of hydrogen-bond acceptors (Lipinski definition) is 5. The Morgan fingerprint density at radius 3 is 2.62 bits per heavy atom. The first-order valence-corrected chi connectivity index (χ1v) is 8.63. The van der Waals surface area contributed by atoms with Gasteiger partial charge in [-0.1, -0.05) is 25.1 Å². The van der Waals surface area contributed by atoms with Crippen LogP contribution >= 0.6 is 0 Å². The summed E-state index contributed by atoms with van der Waals surface area (Å²) >= 11 is 0. The lowest BCUT2D eigenvalue weighted by Gasteiger charge is -2.13. The van der Waals surface area contributed by atoms with E-state index in [1.165, 1.54) is 4.57 Å². The number of aliphatic hydroxyl groups is 1. The first kappa shape index (κ1) is 19.7. The van der Waals surface area contributed by atoms with E-state index in [0.29, 0.717) is 23.6 Å². The minimum absolute atomic E-state index is 0.0850. The van der Waals surface area contributed by atoms with Gasteiger partial charge in [0.25, 0.3) is 5.56 Å². The fraction of sp³-hybridized carbons (Fsp3) is 0.421. The Hall–Kier alpha value is -2.67. The van der Waals surface area contributed by atoms with Crippen molar-refractivity contribution in [3.8, 4) is 5.75 Å². The summed E-state index contributed by atoms with van der Waals surface area (Å²) in [5.74, 6) is 1.32. The predicted molar refractivity (Wildman–Crippen MR) is 102 cm³/mol. The van der Waals surface area contributed by atoms with Crippen molar-refractivity contribution < 1.29 is 9.84 Å². The van der Waals surface area contributed by atoms with Gasteiger partial charge in [-0.15, -0.1) is 0 Å². The molecule has 0 radical (unpaired) electrons. The van der Waals surface area contributed by atoms with Gasteiger partial charge in [0, 0.05) is 27.1 Å². The van der Waals surface area contributed by atoms with Gasteiger partial charge >= 0.3 is 5.69 Å². The smallest absolute Gasteiger partial charge is 0.332 e. The molecule has 0 amide bonds. The molecule has 0 aliphatic rings. The molecule has 1 heterocycles. The summed E-state index contributed by atoms with van der Waals surface area (Å²) in [6.07, 6.45) is 1.16. The fourth-order valence-electron chi connectivity index (χ4n) is 2.72. The van der Waals surface area contributed by atoms with Crippen LogP contribution < -0.4 is 16.0 Å². The highest BCUT2D eigenvalue weighted by atomic mass is 16.5. The molecule has 2 rings (SSSR count). The summed E-state index contributed by atoms with van der Waals surface area (Å²) in [7, 11) is 1.57. The zero-order chi connectivity index (χ0) is 19.3. The zero-order valence-corrected chi connectivity index (χ0v) is 15.7. The lowest BCUT2D eigenvalue weighted by Crippen LogP contribution is -2.40. The number of hydrogen-bond donors (Lipinski definition) is 1. The van der Waals surface area contributed by atoms with Gasteiger partial charge in [0.2, 0.25) is 0 Å². The van der Waals surface area contributed by atoms with Gasteiger partial charge in [-0.3, -0.25) is 13.9 Å². The van der Waals surface area contributed by atoms with Crippen LogP contribution in [0.4, 0.5) is 5.82 Å². The molecule has 0 bridgehead atoms. The Bertz CT molecular complexity index is 888. The Labute approximate surface area is 152 Å². The lowest BCUT2D eigenvalue weighted by atomic mass is 10.1. The van der Waals surface area contributed by atoms with Crippen molar-refractivity contribution >= 4 is 11.7 Å². The summed E-state index contributed by atoms with van der Waals surface area (Å²) in [5, 5.41) is 8.94. The van der Waals surface area contributed by atoms with Crippen LogP contribution in [0.15, 0.2) is 38.8 Å². The van der Waals surface area contributed by atoms with E-state index in [4.69, 9.17) is 9.84 Å². The second-order valence-electron chi connectivity index (χ2n) is 6.02. The number of aryl methyl sites for hydroxylation is 1. The molecule has 0 aliphatic heterocycles. The second kappa shape index (κ2) is 8.62. The third kappa shape index (κ3) is 4.11. The van der Waals surface area contributed by atoms with Crippen LogP contribution in [0.25, 0.3) is 0 Å². The van der Waals surface area contributed by atoms with Gasteiger partial charge in [0.1, 0.15) is 11.6 Å². The van der Waals surface area contributed by atoms with Gasteiger partial charge in [0.05, 0.1) is 5.56 Å². The lowest BCUT2D eigenvalue weighted by molar-refractivity contribution is 0.277. The monoisotopic (exact) mass is 359 g/mol. The average molecular weight is 359 g/mol. The topological polar surface area (TPSA) is 85.8 Å². The van der Waals surface area contributed by atoms with Crippen LogP contribution in [0.1, 0.15) is 31.4 Å². The molecular weight excluding hydrogens is 334 g/mol. The average Bonchev–Trinajstić information content (AvgIpc) is 2.64. The number of ether oxygens (including phenoxy) is 1. The van der Waals surface area contributed by atoms with Gasteiger partial charge in [-0.25, -0.2) is 4.79 Å². The van der Waals surface area contributed by atoms with Crippen molar-refractivity contribution in [2.75, 3.05) is 6.61 Å². The molecule has 2 aromatic rings. The van der Waals surface area contributed by atoms with Crippen LogP contribution in [0, 0.1) is 6.92 Å². The van der Waals surface area contributed by atoms with Crippen molar-refractivity contribution in [2.45, 2.75) is 40.2 Å². The van der Waals surface area contributed by atoms with E-state index in [1.54, 1.807) is 20.9 Å². The molecule has 0 atom stereocenters. The molecule has 0 spiro atoms. The largest absolute Gasteiger partial charge is 0.443 e. The first-order chi connectivity index (χ1) is 12.4. The Kier molecular flexibility index (Phi) is 6.52. The molecule has 0 unspecified atom stereocenters. The highest BCUT2D eigenvalue weighted by Gasteiger charge is 2.14. The van der Waals surface area contributed by atoms with E-state index in [9.17, 15) is 9.59 Å². The zero-order valence-electron chi connectivity index (χ0n) is 15.7. The molecule has 0 saturated carbocycles. The van der Waals surface area contributed by atoms with Crippen LogP contribution in [-0.4, -0.2) is 26.7 Å². The third-order valence-corrected chi connectivity index (χ3v) is 4.15. The first-order valence-electron chi connectivity index (χ1n) is 8.63. The van der Waals surface area contributed by atoms with Gasteiger partial charge in [-0.05, 0) is 31.4 Å². The molecule has 1 N–H and O–H groups in total. The molecule has 7 nitrogen and oxygen atoms in total. The molecule has 26 heavy (non-hydrogen) atoms. The van der Waals surface area contributed by atoms with Crippen LogP contribution in [-0.2, 0) is 20.0 Å². The highest BCUT2D eigenvalue weighted by Crippen LogP contribution is 2.20. The molecule has 0 fully saturated rings. The van der Waals surface area contributed by atoms with Crippen LogP contribution in [0.2, 0.25) is 0 Å². The molecular formula is C19H25N3O4. The number of nitrogens with zero attached hydrogens (tertiary/aromatic N) is 3. The van der Waals surface area contributed by atoms with Crippen LogP contribution in [0.3, 0.4) is 0 Å². The van der Waals surface area contributed by atoms with Crippen molar-refractivity contribution in [1.29, 1.82) is 0 Å². The molecule has 0 saturated heterocycles. The second-order valence-corrected chi connectivity index (χ2v) is 6.02. The van der Waals surface area contributed by atoms with Gasteiger partial charge in [0.15, 0.2) is 5.90 Å². The maximum absolute atomic E-state index is 12.5. The Morgan fingerprint density at radius 2 is 1.96 bits per heavy atom. The minimum atomic E-state index is -0.463. The number of benzene rings is 1. The number of rotatable bonds is 6. The summed E-state index contributed by atoms with van der Waals surface area (Å²) in [6.45, 7) is 5.44. The van der Waals surface area contributed by atoms with Gasteiger partial charge < -0.3 is 9.84 Å². The van der Waals surface area contributed by atoms with E-state index in [0.717, 1.165) is 16.6 Å². The summed E-state index contributed by atoms with van der Waals surface area (Å²) in [4.78, 5) is 29.3. The molecule has 1 aromatic heterocycles. The maximum Gasteiger partial charge on any atom is 0.332 e. The van der Waals surface area contributed by atoms with E-state index >= 15 is 0 Å². The molecule has 7 heteroatoms. The van der Waals surface area contributed by atoms with E-state index in [-0.39, 0.29) is 19.0 Å². The Morgan fingerprint density at radius 1 is 1.27 bits per heavy atom. The minimum Gasteiger partial charge on any atom is -0.443 e. The number of para-hydroxylation sites is 1. The SMILES string of the molecule is CCc1ccccc1O/C(C)=N/c1c(C)c(=O)n(CCCO)c(=O)n1C. The maximum atomic E-state index is 12.5. The summed E-state index contributed by atoms with van der Waals surface area (Å²) in [5.41, 5.74) is 0.542. The number of aliphatic imine (C=N–C) groups is 1.